The predicted octanol–water partition coefficient (Wildman–Crippen LogP) is 5.67. The van der Waals surface area contributed by atoms with Gasteiger partial charge in [-0.15, -0.1) is 11.3 Å². The Balaban J connectivity index is 1.50. The lowest BCUT2D eigenvalue weighted by Gasteiger charge is -2.23. The number of amides is 1. The summed E-state index contributed by atoms with van der Waals surface area (Å²) in [6, 6.07) is 10.6. The fourth-order valence-corrected chi connectivity index (χ4v) is 5.03. The second-order valence-corrected chi connectivity index (χ2v) is 8.91. The van der Waals surface area contributed by atoms with E-state index in [-0.39, 0.29) is 18.8 Å². The highest BCUT2D eigenvalue weighted by Crippen LogP contribution is 2.38. The molecule has 1 saturated heterocycles. The van der Waals surface area contributed by atoms with E-state index in [0.29, 0.717) is 51.1 Å². The average Bonchev–Trinajstić information content (AvgIpc) is 3.52. The Morgan fingerprint density at radius 2 is 2.13 bits per heavy atom. The van der Waals surface area contributed by atoms with E-state index in [4.69, 9.17) is 42.4 Å². The first-order valence-electron chi connectivity index (χ1n) is 9.83. The van der Waals surface area contributed by atoms with Crippen LogP contribution in [0.15, 0.2) is 41.8 Å². The number of nitrogens with zero attached hydrogens (tertiary/aromatic N) is 2. The molecule has 6 nitrogen and oxygen atoms in total. The van der Waals surface area contributed by atoms with E-state index in [9.17, 15) is 4.79 Å². The molecule has 0 spiro atoms. The zero-order valence-electron chi connectivity index (χ0n) is 16.3. The number of hydrogen-bond donors (Lipinski definition) is 0. The lowest BCUT2D eigenvalue weighted by Crippen LogP contribution is -2.37. The van der Waals surface area contributed by atoms with E-state index in [1.165, 1.54) is 11.3 Å². The van der Waals surface area contributed by atoms with Crippen LogP contribution < -0.4 is 14.4 Å². The molecule has 1 atom stereocenters. The van der Waals surface area contributed by atoms with E-state index >= 15 is 0 Å². The first-order chi connectivity index (χ1) is 15.1. The van der Waals surface area contributed by atoms with E-state index in [2.05, 4.69) is 0 Å². The van der Waals surface area contributed by atoms with E-state index in [1.807, 2.05) is 11.4 Å². The second-order valence-electron chi connectivity index (χ2n) is 7.23. The van der Waals surface area contributed by atoms with Crippen LogP contribution in [0.1, 0.15) is 23.2 Å². The minimum atomic E-state index is -0.207. The highest BCUT2D eigenvalue weighted by molar-refractivity contribution is 7.14. The maximum Gasteiger partial charge on any atom is 0.264 e. The summed E-state index contributed by atoms with van der Waals surface area (Å²) in [4.78, 5) is 20.0. The molecule has 0 saturated carbocycles. The molecular weight excluding hydrogens is 459 g/mol. The van der Waals surface area contributed by atoms with Crippen molar-refractivity contribution in [3.05, 3.63) is 57.4 Å². The molecule has 1 amide bonds. The first-order valence-corrected chi connectivity index (χ1v) is 11.5. The third kappa shape index (κ3) is 4.11. The number of carbonyl (C=O) groups is 1. The normalized spacial score (nSPS) is 17.2. The van der Waals surface area contributed by atoms with Gasteiger partial charge in [0.2, 0.25) is 6.79 Å². The van der Waals surface area contributed by atoms with Gasteiger partial charge in [-0.25, -0.2) is 4.98 Å². The number of aromatic nitrogens is 1. The lowest BCUT2D eigenvalue weighted by atomic mass is 10.1. The quantitative estimate of drug-likeness (QED) is 0.474. The Bertz CT molecular complexity index is 1130. The van der Waals surface area contributed by atoms with Crippen LogP contribution in [0.4, 0.5) is 5.13 Å². The molecule has 5 rings (SSSR count). The molecule has 3 heterocycles. The molecule has 0 N–H and O–H groups in total. The Morgan fingerprint density at radius 3 is 2.94 bits per heavy atom. The summed E-state index contributed by atoms with van der Waals surface area (Å²) in [6.07, 6.45) is 1.84. The van der Waals surface area contributed by atoms with Gasteiger partial charge >= 0.3 is 0 Å². The van der Waals surface area contributed by atoms with Gasteiger partial charge in [0.1, 0.15) is 0 Å². The van der Waals surface area contributed by atoms with Gasteiger partial charge < -0.3 is 14.2 Å². The van der Waals surface area contributed by atoms with Crippen molar-refractivity contribution in [3.8, 4) is 22.8 Å². The smallest absolute Gasteiger partial charge is 0.264 e. The molecule has 2 aromatic carbocycles. The summed E-state index contributed by atoms with van der Waals surface area (Å²) in [5.41, 5.74) is 1.88. The summed E-state index contributed by atoms with van der Waals surface area (Å²) in [7, 11) is 0. The van der Waals surface area contributed by atoms with Crippen LogP contribution in [0.25, 0.3) is 11.3 Å². The summed E-state index contributed by atoms with van der Waals surface area (Å²) < 4.78 is 16.8. The number of thiazole rings is 1. The van der Waals surface area contributed by atoms with Crippen molar-refractivity contribution in [3.63, 3.8) is 0 Å². The molecule has 1 fully saturated rings. The molecule has 1 unspecified atom stereocenters. The highest BCUT2D eigenvalue weighted by atomic mass is 35.5. The van der Waals surface area contributed by atoms with Crippen molar-refractivity contribution in [2.75, 3.05) is 24.8 Å². The maximum absolute atomic E-state index is 13.6. The summed E-state index contributed by atoms with van der Waals surface area (Å²) in [5, 5.41) is 3.51. The van der Waals surface area contributed by atoms with Crippen LogP contribution in [-0.4, -0.2) is 36.9 Å². The zero-order chi connectivity index (χ0) is 21.4. The summed E-state index contributed by atoms with van der Waals surface area (Å²) >= 11 is 13.8. The third-order valence-electron chi connectivity index (χ3n) is 5.21. The van der Waals surface area contributed by atoms with Crippen LogP contribution in [0.3, 0.4) is 0 Å². The van der Waals surface area contributed by atoms with Gasteiger partial charge in [-0.3, -0.25) is 9.69 Å². The molecule has 9 heteroatoms. The number of ether oxygens (including phenoxy) is 3. The van der Waals surface area contributed by atoms with E-state index < -0.39 is 0 Å². The summed E-state index contributed by atoms with van der Waals surface area (Å²) in [5.74, 6) is 0.819. The molecule has 31 heavy (non-hydrogen) atoms. The van der Waals surface area contributed by atoms with Gasteiger partial charge in [0.25, 0.3) is 5.91 Å². The number of benzene rings is 2. The standard InChI is InChI=1S/C22H18Cl2N2O4S/c23-13-6-7-15(17(24)9-13)18-11-31-22(25-18)26(10-14-3-2-8-28-14)21(27)16-4-1-5-19-20(16)30-12-29-19/h1,4-7,9,11,14H,2-3,8,10,12H2. The van der Waals surface area contributed by atoms with Gasteiger partial charge in [0, 0.05) is 22.6 Å². The van der Waals surface area contributed by atoms with E-state index in [1.54, 1.807) is 35.2 Å². The number of fused-ring (bicyclic) bond motifs is 1. The minimum absolute atomic E-state index is 0.0376. The number of carbonyl (C=O) groups excluding carboxylic acids is 1. The fraction of sp³-hybridized carbons (Fsp3) is 0.273. The number of para-hydroxylation sites is 1. The Kier molecular flexibility index (Phi) is 5.75. The van der Waals surface area contributed by atoms with E-state index in [0.717, 1.165) is 18.4 Å². The average molecular weight is 477 g/mol. The van der Waals surface area contributed by atoms with Gasteiger partial charge in [-0.05, 0) is 43.2 Å². The molecular formula is C22H18Cl2N2O4S. The minimum Gasteiger partial charge on any atom is -0.454 e. The predicted molar refractivity (Wildman–Crippen MR) is 121 cm³/mol. The second kappa shape index (κ2) is 8.67. The van der Waals surface area contributed by atoms with Gasteiger partial charge in [-0.1, -0.05) is 29.3 Å². The van der Waals surface area contributed by atoms with Crippen LogP contribution in [-0.2, 0) is 4.74 Å². The van der Waals surface area contributed by atoms with Crippen molar-refractivity contribution in [1.29, 1.82) is 0 Å². The topological polar surface area (TPSA) is 60.9 Å². The summed E-state index contributed by atoms with van der Waals surface area (Å²) in [6.45, 7) is 1.21. The maximum atomic E-state index is 13.6. The molecule has 1 aromatic heterocycles. The van der Waals surface area contributed by atoms with Gasteiger partial charge in [-0.2, -0.15) is 0 Å². The molecule has 0 bridgehead atoms. The van der Waals surface area contributed by atoms with Crippen LogP contribution >= 0.6 is 34.5 Å². The molecule has 0 aliphatic carbocycles. The fourth-order valence-electron chi connectivity index (χ4n) is 3.69. The molecule has 2 aliphatic heterocycles. The molecule has 3 aromatic rings. The number of rotatable bonds is 5. The van der Waals surface area contributed by atoms with Crippen molar-refractivity contribution < 1.29 is 19.0 Å². The largest absolute Gasteiger partial charge is 0.454 e. The van der Waals surface area contributed by atoms with Crippen LogP contribution in [0.2, 0.25) is 10.0 Å². The molecule has 160 valence electrons. The Morgan fingerprint density at radius 1 is 1.23 bits per heavy atom. The van der Waals surface area contributed by atoms with Gasteiger partial charge in [0.05, 0.1) is 28.9 Å². The van der Waals surface area contributed by atoms with Crippen LogP contribution in [0.5, 0.6) is 11.5 Å². The Hall–Kier alpha value is -2.32. The number of anilines is 1. The zero-order valence-corrected chi connectivity index (χ0v) is 18.7. The monoisotopic (exact) mass is 476 g/mol. The first kappa shape index (κ1) is 20.6. The van der Waals surface area contributed by atoms with Crippen molar-refractivity contribution in [1.82, 2.24) is 4.98 Å². The molecule has 2 aliphatic rings. The Labute approximate surface area is 193 Å². The SMILES string of the molecule is O=C(c1cccc2c1OCO2)N(CC1CCCO1)c1nc(-c2ccc(Cl)cc2Cl)cs1. The van der Waals surface area contributed by atoms with Crippen LogP contribution in [0, 0.1) is 0 Å². The van der Waals surface area contributed by atoms with Gasteiger partial charge in [0.15, 0.2) is 16.6 Å². The highest BCUT2D eigenvalue weighted by Gasteiger charge is 2.31. The third-order valence-corrected chi connectivity index (χ3v) is 6.62. The van der Waals surface area contributed by atoms with Crippen molar-refractivity contribution in [2.45, 2.75) is 18.9 Å². The number of halogens is 2. The van der Waals surface area contributed by atoms with Crippen molar-refractivity contribution in [2.24, 2.45) is 0 Å². The van der Waals surface area contributed by atoms with Crippen molar-refractivity contribution >= 4 is 45.6 Å². The number of hydrogen-bond acceptors (Lipinski definition) is 6. The lowest BCUT2D eigenvalue weighted by molar-refractivity contribution is 0.0913. The molecule has 0 radical (unpaired) electrons.